The van der Waals surface area contributed by atoms with E-state index >= 15 is 0 Å². The van der Waals surface area contributed by atoms with Crippen LogP contribution in [0.3, 0.4) is 0 Å². The average Bonchev–Trinajstić information content (AvgIpc) is 3.31. The molecule has 7 nitrogen and oxygen atoms in total. The molecule has 0 aliphatic carbocycles. The van der Waals surface area contributed by atoms with E-state index in [-0.39, 0.29) is 42.8 Å². The third-order valence-electron chi connectivity index (χ3n) is 6.51. The van der Waals surface area contributed by atoms with Crippen LogP contribution >= 0.6 is 11.3 Å². The number of rotatable bonds is 5. The maximum Gasteiger partial charge on any atom is 0.404 e. The van der Waals surface area contributed by atoms with Gasteiger partial charge >= 0.3 is 6.18 Å². The number of benzene rings is 1. The summed E-state index contributed by atoms with van der Waals surface area (Å²) < 4.78 is 41.6. The van der Waals surface area contributed by atoms with E-state index in [0.717, 1.165) is 5.56 Å². The lowest BCUT2D eigenvalue weighted by atomic mass is 9.85. The SMILES string of the molecule is CC(C)(C)c1ccc(C(C(=O)NCc2scc3c2CN(C2CCC(=O)NC2=O)C3=O)C(F)(F)F)cc1. The summed E-state index contributed by atoms with van der Waals surface area (Å²) in [4.78, 5) is 51.1. The number of imide groups is 1. The molecule has 1 aromatic carbocycles. The second kappa shape index (κ2) is 9.34. The smallest absolute Gasteiger partial charge is 0.350 e. The van der Waals surface area contributed by atoms with Crippen molar-refractivity contribution in [1.82, 2.24) is 15.5 Å². The van der Waals surface area contributed by atoms with Crippen molar-refractivity contribution >= 4 is 35.0 Å². The van der Waals surface area contributed by atoms with Crippen LogP contribution in [0.15, 0.2) is 29.6 Å². The van der Waals surface area contributed by atoms with Crippen molar-refractivity contribution in [2.24, 2.45) is 0 Å². The lowest BCUT2D eigenvalue weighted by Crippen LogP contribution is -2.52. The fourth-order valence-electron chi connectivity index (χ4n) is 4.49. The largest absolute Gasteiger partial charge is 0.404 e. The second-order valence-electron chi connectivity index (χ2n) is 10.0. The summed E-state index contributed by atoms with van der Waals surface area (Å²) in [6, 6.07) is 5.07. The number of halogens is 3. The van der Waals surface area contributed by atoms with Crippen LogP contribution in [0.5, 0.6) is 0 Å². The minimum Gasteiger partial charge on any atom is -0.350 e. The Balaban J connectivity index is 1.48. The molecule has 36 heavy (non-hydrogen) atoms. The van der Waals surface area contributed by atoms with Gasteiger partial charge < -0.3 is 10.2 Å². The van der Waals surface area contributed by atoms with E-state index in [2.05, 4.69) is 10.6 Å². The Morgan fingerprint density at radius 3 is 2.42 bits per heavy atom. The molecule has 1 fully saturated rings. The van der Waals surface area contributed by atoms with Gasteiger partial charge in [0, 0.05) is 23.2 Å². The normalized spacial score (nSPS) is 19.2. The number of nitrogens with one attached hydrogen (secondary N) is 2. The van der Waals surface area contributed by atoms with E-state index in [1.54, 1.807) is 17.5 Å². The Labute approximate surface area is 210 Å². The van der Waals surface area contributed by atoms with E-state index in [9.17, 15) is 32.3 Å². The number of piperidine rings is 1. The van der Waals surface area contributed by atoms with Gasteiger partial charge in [-0.15, -0.1) is 11.3 Å². The molecule has 0 spiro atoms. The highest BCUT2D eigenvalue weighted by atomic mass is 32.1. The number of hydrogen-bond acceptors (Lipinski definition) is 5. The van der Waals surface area contributed by atoms with Crippen molar-refractivity contribution in [2.75, 3.05) is 0 Å². The van der Waals surface area contributed by atoms with E-state index in [1.807, 2.05) is 20.8 Å². The fraction of sp³-hybridized carbons (Fsp3) is 0.440. The summed E-state index contributed by atoms with van der Waals surface area (Å²) in [5.74, 6) is -4.83. The monoisotopic (exact) mass is 521 g/mol. The van der Waals surface area contributed by atoms with Gasteiger partial charge in [-0.1, -0.05) is 45.0 Å². The second-order valence-corrected chi connectivity index (χ2v) is 11.0. The number of carbonyl (C=O) groups excluding carboxylic acids is 4. The minimum atomic E-state index is -4.79. The van der Waals surface area contributed by atoms with Gasteiger partial charge in [0.2, 0.25) is 17.7 Å². The molecule has 2 aromatic rings. The van der Waals surface area contributed by atoms with Gasteiger partial charge in [0.1, 0.15) is 6.04 Å². The van der Waals surface area contributed by atoms with Crippen LogP contribution in [0.4, 0.5) is 13.2 Å². The van der Waals surface area contributed by atoms with Crippen LogP contribution in [0.2, 0.25) is 0 Å². The molecule has 3 heterocycles. The summed E-state index contributed by atoms with van der Waals surface area (Å²) in [7, 11) is 0. The highest BCUT2D eigenvalue weighted by molar-refractivity contribution is 7.10. The number of fused-ring (bicyclic) bond motifs is 1. The van der Waals surface area contributed by atoms with Crippen LogP contribution in [-0.4, -0.2) is 40.7 Å². The van der Waals surface area contributed by atoms with Crippen molar-refractivity contribution in [3.05, 3.63) is 56.8 Å². The summed E-state index contributed by atoms with van der Waals surface area (Å²) in [6.45, 7) is 5.75. The zero-order valence-electron chi connectivity index (χ0n) is 20.0. The molecular formula is C25H26F3N3O4S. The number of alkyl halides is 3. The fourth-order valence-corrected chi connectivity index (χ4v) is 5.46. The summed E-state index contributed by atoms with van der Waals surface area (Å²) >= 11 is 1.17. The molecule has 0 bridgehead atoms. The van der Waals surface area contributed by atoms with Crippen molar-refractivity contribution in [3.8, 4) is 0 Å². The Kier molecular flexibility index (Phi) is 6.72. The third kappa shape index (κ3) is 5.02. The maximum atomic E-state index is 13.9. The lowest BCUT2D eigenvalue weighted by molar-refractivity contribution is -0.165. The third-order valence-corrected chi connectivity index (χ3v) is 7.54. The standard InChI is InChI=1S/C25H26F3N3O4S/c1-24(2,3)14-6-4-13(5-7-14)20(25(26,27)28)22(34)29-10-18-15-11-31(23(35)16(15)12-36-18)17-8-9-19(32)30-21(17)33/h4-7,12,17,20H,8-11H2,1-3H3,(H,29,34)(H,30,32,33). The van der Waals surface area contributed by atoms with E-state index in [4.69, 9.17) is 0 Å². The van der Waals surface area contributed by atoms with Gasteiger partial charge in [0.05, 0.1) is 12.1 Å². The predicted octanol–water partition coefficient (Wildman–Crippen LogP) is 3.77. The molecule has 4 amide bonds. The molecule has 1 saturated heterocycles. The molecule has 2 aliphatic rings. The average molecular weight is 522 g/mol. The molecule has 0 saturated carbocycles. The molecule has 1 aromatic heterocycles. The molecule has 2 atom stereocenters. The predicted molar refractivity (Wildman–Crippen MR) is 126 cm³/mol. The number of thiophene rings is 1. The first-order chi connectivity index (χ1) is 16.8. The Morgan fingerprint density at radius 2 is 1.83 bits per heavy atom. The van der Waals surface area contributed by atoms with E-state index < -0.39 is 35.9 Å². The van der Waals surface area contributed by atoms with E-state index in [0.29, 0.717) is 16.0 Å². The maximum absolute atomic E-state index is 13.9. The Hall–Kier alpha value is -3.21. The minimum absolute atomic E-state index is 0.0894. The van der Waals surface area contributed by atoms with Crippen molar-refractivity contribution in [2.45, 2.75) is 70.3 Å². The van der Waals surface area contributed by atoms with Gasteiger partial charge in [-0.25, -0.2) is 0 Å². The Morgan fingerprint density at radius 1 is 1.17 bits per heavy atom. The molecule has 2 aliphatic heterocycles. The van der Waals surface area contributed by atoms with E-state index in [1.165, 1.54) is 28.4 Å². The summed E-state index contributed by atoms with van der Waals surface area (Å²) in [5.41, 5.74) is 1.40. The molecule has 2 unspecified atom stereocenters. The summed E-state index contributed by atoms with van der Waals surface area (Å²) in [5, 5.41) is 6.19. The molecule has 192 valence electrons. The molecule has 4 rings (SSSR count). The number of amides is 4. The zero-order valence-corrected chi connectivity index (χ0v) is 20.8. The van der Waals surface area contributed by atoms with Crippen LogP contribution in [0, 0.1) is 0 Å². The van der Waals surface area contributed by atoms with Crippen LogP contribution in [0.25, 0.3) is 0 Å². The first kappa shape index (κ1) is 25.9. The molecular weight excluding hydrogens is 495 g/mol. The first-order valence-corrected chi connectivity index (χ1v) is 12.3. The van der Waals surface area contributed by atoms with Crippen LogP contribution < -0.4 is 10.6 Å². The quantitative estimate of drug-likeness (QED) is 0.586. The van der Waals surface area contributed by atoms with Gasteiger partial charge in [0.15, 0.2) is 5.92 Å². The topological polar surface area (TPSA) is 95.6 Å². The number of carbonyl (C=O) groups is 4. The highest BCUT2D eigenvalue weighted by Crippen LogP contribution is 2.37. The van der Waals surface area contributed by atoms with Crippen molar-refractivity contribution < 1.29 is 32.3 Å². The van der Waals surface area contributed by atoms with Crippen molar-refractivity contribution in [3.63, 3.8) is 0 Å². The molecule has 0 radical (unpaired) electrons. The zero-order chi connectivity index (χ0) is 26.4. The first-order valence-electron chi connectivity index (χ1n) is 11.5. The van der Waals surface area contributed by atoms with Gasteiger partial charge in [0.25, 0.3) is 5.91 Å². The van der Waals surface area contributed by atoms with Gasteiger partial charge in [-0.3, -0.25) is 24.5 Å². The van der Waals surface area contributed by atoms with Crippen LogP contribution in [-0.2, 0) is 32.9 Å². The lowest BCUT2D eigenvalue weighted by Gasteiger charge is -2.29. The van der Waals surface area contributed by atoms with Gasteiger partial charge in [-0.2, -0.15) is 13.2 Å². The Bertz CT molecular complexity index is 1210. The molecule has 2 N–H and O–H groups in total. The van der Waals surface area contributed by atoms with Crippen LogP contribution in [0.1, 0.15) is 71.5 Å². The molecule has 11 heteroatoms. The number of nitrogens with zero attached hydrogens (tertiary/aromatic N) is 1. The van der Waals surface area contributed by atoms with Crippen molar-refractivity contribution in [1.29, 1.82) is 0 Å². The highest BCUT2D eigenvalue weighted by Gasteiger charge is 2.46. The van der Waals surface area contributed by atoms with Gasteiger partial charge in [-0.05, 0) is 28.5 Å². The number of hydrogen-bond donors (Lipinski definition) is 2. The summed E-state index contributed by atoms with van der Waals surface area (Å²) in [6.07, 6.45) is -4.47.